The van der Waals surface area contributed by atoms with Gasteiger partial charge in [-0.05, 0) is 42.5 Å². The summed E-state index contributed by atoms with van der Waals surface area (Å²) in [5.41, 5.74) is 2.57. The van der Waals surface area contributed by atoms with Gasteiger partial charge in [-0.15, -0.1) is 0 Å². The highest BCUT2D eigenvalue weighted by Gasteiger charge is 2.19. The monoisotopic (exact) mass is 339 g/mol. The lowest BCUT2D eigenvalue weighted by Gasteiger charge is -2.27. The van der Waals surface area contributed by atoms with E-state index in [4.69, 9.17) is 4.74 Å². The molecule has 0 saturated heterocycles. The van der Waals surface area contributed by atoms with Crippen molar-refractivity contribution in [1.29, 1.82) is 0 Å². The summed E-state index contributed by atoms with van der Waals surface area (Å²) in [6.45, 7) is 7.11. The first-order chi connectivity index (χ1) is 9.69. The number of rotatable bonds is 6. The smallest absolute Gasteiger partial charge is 0.0731 e. The second-order valence-corrected chi connectivity index (χ2v) is 6.77. The van der Waals surface area contributed by atoms with Gasteiger partial charge in [0, 0.05) is 11.0 Å². The highest BCUT2D eigenvalue weighted by Crippen LogP contribution is 2.27. The first kappa shape index (κ1) is 16.0. The van der Waals surface area contributed by atoms with E-state index < -0.39 is 0 Å². The van der Waals surface area contributed by atoms with Gasteiger partial charge in [0.15, 0.2) is 0 Å². The summed E-state index contributed by atoms with van der Waals surface area (Å²) >= 11 is 3.67. The quantitative estimate of drug-likeness (QED) is 0.814. The predicted molar refractivity (Wildman–Crippen MR) is 87.7 cm³/mol. The predicted octanol–water partition coefficient (Wildman–Crippen LogP) is 4.65. The van der Waals surface area contributed by atoms with Crippen LogP contribution >= 0.6 is 15.9 Å². The van der Waals surface area contributed by atoms with Crippen LogP contribution in [0, 0.1) is 5.92 Å². The fourth-order valence-electron chi connectivity index (χ4n) is 2.82. The van der Waals surface area contributed by atoms with Crippen LogP contribution in [0.25, 0.3) is 0 Å². The van der Waals surface area contributed by atoms with E-state index in [2.05, 4.69) is 53.3 Å². The molecule has 1 aliphatic carbocycles. The molecule has 2 atom stereocenters. The Balaban J connectivity index is 1.86. The Kier molecular flexibility index (Phi) is 6.53. The van der Waals surface area contributed by atoms with Crippen LogP contribution in [0.15, 0.2) is 22.7 Å². The van der Waals surface area contributed by atoms with Crippen LogP contribution < -0.4 is 5.32 Å². The van der Waals surface area contributed by atoms with Crippen molar-refractivity contribution < 1.29 is 4.74 Å². The second kappa shape index (κ2) is 8.16. The molecule has 1 N–H and O–H groups in total. The molecule has 20 heavy (non-hydrogen) atoms. The van der Waals surface area contributed by atoms with Crippen molar-refractivity contribution >= 4 is 15.9 Å². The van der Waals surface area contributed by atoms with Crippen LogP contribution in [-0.4, -0.2) is 12.6 Å². The maximum absolute atomic E-state index is 6.10. The lowest BCUT2D eigenvalue weighted by atomic mass is 9.89. The van der Waals surface area contributed by atoms with Gasteiger partial charge >= 0.3 is 0 Å². The summed E-state index contributed by atoms with van der Waals surface area (Å²) in [7, 11) is 0. The number of benzene rings is 1. The molecule has 0 spiro atoms. The van der Waals surface area contributed by atoms with Crippen molar-refractivity contribution in [2.24, 2.45) is 5.92 Å². The molecule has 2 nitrogen and oxygen atoms in total. The van der Waals surface area contributed by atoms with Crippen molar-refractivity contribution in [2.75, 3.05) is 6.54 Å². The van der Waals surface area contributed by atoms with E-state index in [1.807, 2.05) is 0 Å². The van der Waals surface area contributed by atoms with Gasteiger partial charge in [-0.3, -0.25) is 0 Å². The van der Waals surface area contributed by atoms with Crippen molar-refractivity contribution in [3.05, 3.63) is 33.8 Å². The Labute approximate surface area is 131 Å². The highest BCUT2D eigenvalue weighted by molar-refractivity contribution is 9.10. The van der Waals surface area contributed by atoms with E-state index in [1.165, 1.54) is 36.8 Å². The molecule has 0 bridgehead atoms. The fraction of sp³-hybridized carbons (Fsp3) is 0.647. The lowest BCUT2D eigenvalue weighted by molar-refractivity contribution is 0.00443. The van der Waals surface area contributed by atoms with Gasteiger partial charge in [-0.1, -0.05) is 54.8 Å². The number of ether oxygens (including phenoxy) is 1. The molecule has 3 heteroatoms. The average Bonchev–Trinajstić information content (AvgIpc) is 2.44. The molecule has 0 amide bonds. The summed E-state index contributed by atoms with van der Waals surface area (Å²) in [6, 6.07) is 6.57. The molecule has 112 valence electrons. The Bertz CT molecular complexity index is 421. The Hall–Kier alpha value is -0.380. The zero-order valence-corrected chi connectivity index (χ0v) is 14.2. The Morgan fingerprint density at radius 2 is 2.20 bits per heavy atom. The normalized spacial score (nSPS) is 22.9. The van der Waals surface area contributed by atoms with Crippen molar-refractivity contribution in [2.45, 2.75) is 58.8 Å². The molecule has 0 radical (unpaired) electrons. The van der Waals surface area contributed by atoms with Crippen LogP contribution in [0.5, 0.6) is 0 Å². The van der Waals surface area contributed by atoms with E-state index in [-0.39, 0.29) is 0 Å². The van der Waals surface area contributed by atoms with Gasteiger partial charge < -0.3 is 10.1 Å². The van der Waals surface area contributed by atoms with E-state index in [0.29, 0.717) is 6.10 Å². The molecule has 0 heterocycles. The Morgan fingerprint density at radius 1 is 1.35 bits per heavy atom. The van der Waals surface area contributed by atoms with Gasteiger partial charge in [0.05, 0.1) is 12.7 Å². The van der Waals surface area contributed by atoms with E-state index in [9.17, 15) is 0 Å². The van der Waals surface area contributed by atoms with E-state index in [1.54, 1.807) is 0 Å². The van der Waals surface area contributed by atoms with Crippen molar-refractivity contribution in [3.8, 4) is 0 Å². The summed E-state index contributed by atoms with van der Waals surface area (Å²) in [4.78, 5) is 0. The van der Waals surface area contributed by atoms with Crippen molar-refractivity contribution in [1.82, 2.24) is 5.32 Å². The third-order valence-electron chi connectivity index (χ3n) is 4.06. The maximum atomic E-state index is 6.10. The zero-order chi connectivity index (χ0) is 14.4. The fourth-order valence-corrected chi connectivity index (χ4v) is 3.37. The van der Waals surface area contributed by atoms with E-state index in [0.717, 1.165) is 30.1 Å². The lowest BCUT2D eigenvalue weighted by Crippen LogP contribution is -2.21. The SMILES string of the molecule is CCNCc1ccc(COC2CCCC(C)C2)c(Br)c1. The third-order valence-corrected chi connectivity index (χ3v) is 4.80. The Morgan fingerprint density at radius 3 is 2.90 bits per heavy atom. The molecule has 1 aliphatic rings. The third kappa shape index (κ3) is 4.87. The largest absolute Gasteiger partial charge is 0.373 e. The van der Waals surface area contributed by atoms with Crippen LogP contribution in [0.3, 0.4) is 0 Å². The van der Waals surface area contributed by atoms with Crippen LogP contribution in [-0.2, 0) is 17.9 Å². The maximum Gasteiger partial charge on any atom is 0.0731 e. The molecule has 1 saturated carbocycles. The topological polar surface area (TPSA) is 21.3 Å². The van der Waals surface area contributed by atoms with Gasteiger partial charge in [-0.2, -0.15) is 0 Å². The van der Waals surface area contributed by atoms with Crippen molar-refractivity contribution in [3.63, 3.8) is 0 Å². The first-order valence-corrected chi connectivity index (χ1v) is 8.58. The minimum absolute atomic E-state index is 0.451. The van der Waals surface area contributed by atoms with Gasteiger partial charge in [0.1, 0.15) is 0 Å². The molecule has 1 fully saturated rings. The first-order valence-electron chi connectivity index (χ1n) is 7.78. The van der Waals surface area contributed by atoms with Crippen LogP contribution in [0.4, 0.5) is 0 Å². The standard InChI is InChI=1S/C17H26BrNO/c1-3-19-11-14-7-8-15(17(18)10-14)12-20-16-6-4-5-13(2)9-16/h7-8,10,13,16,19H,3-6,9,11-12H2,1-2H3. The van der Waals surface area contributed by atoms with Gasteiger partial charge in [0.25, 0.3) is 0 Å². The van der Waals surface area contributed by atoms with E-state index >= 15 is 0 Å². The highest BCUT2D eigenvalue weighted by atomic mass is 79.9. The minimum atomic E-state index is 0.451. The number of hydrogen-bond acceptors (Lipinski definition) is 2. The van der Waals surface area contributed by atoms with Crippen LogP contribution in [0.2, 0.25) is 0 Å². The molecule has 0 aromatic heterocycles. The molecule has 2 rings (SSSR count). The summed E-state index contributed by atoms with van der Waals surface area (Å²) in [5, 5.41) is 3.35. The second-order valence-electron chi connectivity index (χ2n) is 5.91. The molecular formula is C17H26BrNO. The number of nitrogens with one attached hydrogen (secondary N) is 1. The molecular weight excluding hydrogens is 314 g/mol. The van der Waals surface area contributed by atoms with Gasteiger partial charge in [-0.25, -0.2) is 0 Å². The molecule has 1 aromatic carbocycles. The molecule has 1 aromatic rings. The summed E-state index contributed by atoms with van der Waals surface area (Å²) in [6.07, 6.45) is 5.57. The minimum Gasteiger partial charge on any atom is -0.373 e. The molecule has 2 unspecified atom stereocenters. The molecule has 0 aliphatic heterocycles. The summed E-state index contributed by atoms with van der Waals surface area (Å²) < 4.78 is 7.26. The zero-order valence-electron chi connectivity index (χ0n) is 12.6. The van der Waals surface area contributed by atoms with Crippen LogP contribution in [0.1, 0.15) is 50.7 Å². The number of halogens is 1. The summed E-state index contributed by atoms with van der Waals surface area (Å²) in [5.74, 6) is 0.819. The average molecular weight is 340 g/mol. The van der Waals surface area contributed by atoms with Gasteiger partial charge in [0.2, 0.25) is 0 Å². The number of hydrogen-bond donors (Lipinski definition) is 1.